The summed E-state index contributed by atoms with van der Waals surface area (Å²) in [5.74, 6) is 0. The number of fused-ring (bicyclic) bond motifs is 1. The number of sulfonamides is 1. The fraction of sp³-hybridized carbons (Fsp3) is 0.333. The molecule has 0 bridgehead atoms. The Bertz CT molecular complexity index is 906. The largest absolute Gasteiger partial charge is 0.421 e. The van der Waals surface area contributed by atoms with Crippen molar-refractivity contribution in [3.05, 3.63) is 59.7 Å². The van der Waals surface area contributed by atoms with Gasteiger partial charge in [0.05, 0.1) is 10.6 Å². The summed E-state index contributed by atoms with van der Waals surface area (Å²) in [6.45, 7) is 0.943. The monoisotopic (exact) mass is 385 g/mol. The van der Waals surface area contributed by atoms with Crippen molar-refractivity contribution >= 4 is 15.7 Å². The zero-order chi connectivity index (χ0) is 19.2. The molecule has 1 atom stereocenters. The van der Waals surface area contributed by atoms with E-state index in [1.165, 1.54) is 4.31 Å². The molecule has 1 unspecified atom stereocenters. The average molecular weight is 385 g/mol. The third kappa shape index (κ3) is 3.07. The molecule has 0 saturated heterocycles. The molecule has 0 radical (unpaired) electrons. The second-order valence-electron chi connectivity index (χ2n) is 6.40. The summed E-state index contributed by atoms with van der Waals surface area (Å²) >= 11 is 0. The summed E-state index contributed by atoms with van der Waals surface area (Å²) in [5, 5.41) is 9.71. The van der Waals surface area contributed by atoms with E-state index in [9.17, 15) is 26.7 Å². The molecule has 26 heavy (non-hydrogen) atoms. The third-order valence-corrected chi connectivity index (χ3v) is 6.45. The van der Waals surface area contributed by atoms with Gasteiger partial charge in [0, 0.05) is 6.54 Å². The first-order valence-corrected chi connectivity index (χ1v) is 9.49. The lowest BCUT2D eigenvalue weighted by molar-refractivity contribution is -0.258. The summed E-state index contributed by atoms with van der Waals surface area (Å²) < 4.78 is 66.0. The molecule has 3 rings (SSSR count). The Morgan fingerprint density at radius 3 is 2.27 bits per heavy atom. The van der Waals surface area contributed by atoms with Crippen molar-refractivity contribution in [1.29, 1.82) is 0 Å². The van der Waals surface area contributed by atoms with E-state index in [2.05, 4.69) is 0 Å². The number of para-hydroxylation sites is 1. The van der Waals surface area contributed by atoms with Crippen molar-refractivity contribution in [2.24, 2.45) is 0 Å². The maximum atomic E-state index is 12.9. The van der Waals surface area contributed by atoms with Gasteiger partial charge in [-0.05, 0) is 49.1 Å². The van der Waals surface area contributed by atoms with Gasteiger partial charge in [-0.3, -0.25) is 4.31 Å². The van der Waals surface area contributed by atoms with Gasteiger partial charge >= 0.3 is 6.18 Å². The predicted octanol–water partition coefficient (Wildman–Crippen LogP) is 3.60. The maximum absolute atomic E-state index is 12.9. The van der Waals surface area contributed by atoms with E-state index >= 15 is 0 Å². The normalized spacial score (nSPS) is 17.5. The first-order valence-electron chi connectivity index (χ1n) is 8.05. The Kier molecular flexibility index (Phi) is 4.52. The molecular weight excluding hydrogens is 367 g/mol. The van der Waals surface area contributed by atoms with Crippen LogP contribution in [0.2, 0.25) is 0 Å². The van der Waals surface area contributed by atoms with E-state index in [4.69, 9.17) is 0 Å². The van der Waals surface area contributed by atoms with Crippen LogP contribution in [-0.4, -0.2) is 26.2 Å². The number of anilines is 1. The van der Waals surface area contributed by atoms with E-state index in [1.807, 2.05) is 12.1 Å². The number of aryl methyl sites for hydroxylation is 1. The van der Waals surface area contributed by atoms with Crippen molar-refractivity contribution in [1.82, 2.24) is 0 Å². The van der Waals surface area contributed by atoms with Gasteiger partial charge < -0.3 is 5.11 Å². The molecule has 1 aliphatic rings. The molecule has 1 heterocycles. The van der Waals surface area contributed by atoms with Gasteiger partial charge in [0.25, 0.3) is 10.0 Å². The Morgan fingerprint density at radius 1 is 1.04 bits per heavy atom. The molecule has 8 heteroatoms. The first kappa shape index (κ1) is 18.7. The molecule has 0 aromatic heterocycles. The molecule has 4 nitrogen and oxygen atoms in total. The lowest BCUT2D eigenvalue weighted by Crippen LogP contribution is -2.39. The lowest BCUT2D eigenvalue weighted by atomic mass is 9.96. The van der Waals surface area contributed by atoms with Crippen LogP contribution in [-0.2, 0) is 22.0 Å². The van der Waals surface area contributed by atoms with Gasteiger partial charge in [0.2, 0.25) is 0 Å². The molecule has 1 aliphatic heterocycles. The average Bonchev–Trinajstić information content (AvgIpc) is 2.60. The fourth-order valence-electron chi connectivity index (χ4n) is 2.99. The number of alkyl halides is 3. The highest BCUT2D eigenvalue weighted by atomic mass is 32.2. The SMILES string of the molecule is CC(O)(c1ccc(S(=O)(=O)N2CCCc3ccccc32)cc1)C(F)(F)F. The van der Waals surface area contributed by atoms with Gasteiger partial charge in [-0.2, -0.15) is 13.2 Å². The van der Waals surface area contributed by atoms with E-state index in [-0.39, 0.29) is 4.90 Å². The summed E-state index contributed by atoms with van der Waals surface area (Å²) in [5.41, 5.74) is -1.96. The van der Waals surface area contributed by atoms with Crippen LogP contribution < -0.4 is 4.31 Å². The second-order valence-corrected chi connectivity index (χ2v) is 8.27. The molecule has 0 amide bonds. The molecule has 0 saturated carbocycles. The highest BCUT2D eigenvalue weighted by molar-refractivity contribution is 7.92. The topological polar surface area (TPSA) is 57.6 Å². The van der Waals surface area contributed by atoms with Crippen LogP contribution in [0.4, 0.5) is 18.9 Å². The van der Waals surface area contributed by atoms with Crippen LogP contribution >= 0.6 is 0 Å². The maximum Gasteiger partial charge on any atom is 0.421 e. The molecule has 0 fully saturated rings. The smallest absolute Gasteiger partial charge is 0.376 e. The standard InChI is InChI=1S/C18H18F3NO3S/c1-17(23,18(19,20)21)14-8-10-15(11-9-14)26(24,25)22-12-4-6-13-5-2-3-7-16(13)22/h2-3,5,7-11,23H,4,6,12H2,1H3. The van der Waals surface area contributed by atoms with E-state index in [1.54, 1.807) is 12.1 Å². The van der Waals surface area contributed by atoms with Gasteiger partial charge in [0.15, 0.2) is 5.60 Å². The van der Waals surface area contributed by atoms with Gasteiger partial charge in [0.1, 0.15) is 0 Å². The fourth-order valence-corrected chi connectivity index (χ4v) is 4.53. The number of benzene rings is 2. The molecule has 1 N–H and O–H groups in total. The Hall–Kier alpha value is -2.06. The van der Waals surface area contributed by atoms with Crippen molar-refractivity contribution in [3.63, 3.8) is 0 Å². The quantitative estimate of drug-likeness (QED) is 0.878. The number of aliphatic hydroxyl groups is 1. The lowest BCUT2D eigenvalue weighted by Gasteiger charge is -2.31. The Balaban J connectivity index is 1.97. The number of nitrogens with zero attached hydrogens (tertiary/aromatic N) is 1. The first-order chi connectivity index (χ1) is 12.0. The van der Waals surface area contributed by atoms with Crippen LogP contribution in [0.1, 0.15) is 24.5 Å². The van der Waals surface area contributed by atoms with Gasteiger partial charge in [-0.15, -0.1) is 0 Å². The van der Waals surface area contributed by atoms with Crippen LogP contribution in [0.25, 0.3) is 0 Å². The van der Waals surface area contributed by atoms with E-state index < -0.39 is 27.4 Å². The number of hydrogen-bond acceptors (Lipinski definition) is 3. The van der Waals surface area contributed by atoms with E-state index in [0.29, 0.717) is 25.6 Å². The summed E-state index contributed by atoms with van der Waals surface area (Å²) in [7, 11) is -3.90. The van der Waals surface area contributed by atoms with Gasteiger partial charge in [-0.1, -0.05) is 30.3 Å². The summed E-state index contributed by atoms with van der Waals surface area (Å²) in [6, 6.07) is 11.4. The number of rotatable bonds is 3. The minimum Gasteiger partial charge on any atom is -0.376 e. The molecule has 0 aliphatic carbocycles. The summed E-state index contributed by atoms with van der Waals surface area (Å²) in [6.07, 6.45) is -3.42. The summed E-state index contributed by atoms with van der Waals surface area (Å²) in [4.78, 5) is -0.115. The molecule has 140 valence electrons. The Morgan fingerprint density at radius 2 is 1.65 bits per heavy atom. The molecular formula is C18H18F3NO3S. The van der Waals surface area contributed by atoms with Crippen molar-refractivity contribution in [2.45, 2.75) is 36.4 Å². The number of hydrogen-bond donors (Lipinski definition) is 1. The highest BCUT2D eigenvalue weighted by Crippen LogP contribution is 2.39. The van der Waals surface area contributed by atoms with Crippen LogP contribution in [0.3, 0.4) is 0 Å². The highest BCUT2D eigenvalue weighted by Gasteiger charge is 2.51. The second kappa shape index (κ2) is 6.28. The number of halogens is 3. The van der Waals surface area contributed by atoms with E-state index in [0.717, 1.165) is 36.2 Å². The Labute approximate surface area is 149 Å². The minimum absolute atomic E-state index is 0.115. The van der Waals surface area contributed by atoms with Crippen molar-refractivity contribution in [3.8, 4) is 0 Å². The van der Waals surface area contributed by atoms with Crippen molar-refractivity contribution < 1.29 is 26.7 Å². The minimum atomic E-state index is -4.86. The van der Waals surface area contributed by atoms with Crippen LogP contribution in [0.15, 0.2) is 53.4 Å². The zero-order valence-electron chi connectivity index (χ0n) is 14.0. The van der Waals surface area contributed by atoms with Crippen molar-refractivity contribution in [2.75, 3.05) is 10.8 Å². The zero-order valence-corrected chi connectivity index (χ0v) is 14.8. The molecule has 2 aromatic rings. The van der Waals surface area contributed by atoms with Crippen LogP contribution in [0, 0.1) is 0 Å². The van der Waals surface area contributed by atoms with Crippen LogP contribution in [0.5, 0.6) is 0 Å². The molecule has 0 spiro atoms. The third-order valence-electron chi connectivity index (χ3n) is 4.62. The van der Waals surface area contributed by atoms with Gasteiger partial charge in [-0.25, -0.2) is 8.42 Å². The molecule has 2 aromatic carbocycles. The predicted molar refractivity (Wildman–Crippen MR) is 91.4 cm³/mol.